The summed E-state index contributed by atoms with van der Waals surface area (Å²) in [5.41, 5.74) is 1.27. The molecule has 14 nitrogen and oxygen atoms in total. The molecule has 3 aliphatic heterocycles. The molecule has 14 heteroatoms. The Bertz CT molecular complexity index is 1760. The number of ether oxygens (including phenoxy) is 5. The number of Topliss-reactive ketones (excluding diaryl/α,β-unsaturated/α-hetero) is 3. The fraction of sp³-hybridized carbons (Fsp3) is 0.745. The van der Waals surface area contributed by atoms with Gasteiger partial charge in [0.2, 0.25) is 5.79 Å². The van der Waals surface area contributed by atoms with Gasteiger partial charge in [0.1, 0.15) is 30.1 Å². The Morgan fingerprint density at radius 3 is 2.25 bits per heavy atom. The van der Waals surface area contributed by atoms with Gasteiger partial charge in [0.15, 0.2) is 5.78 Å². The van der Waals surface area contributed by atoms with Crippen LogP contribution in [0.4, 0.5) is 0 Å². The summed E-state index contributed by atoms with van der Waals surface area (Å²) >= 11 is 0. The van der Waals surface area contributed by atoms with E-state index in [1.165, 1.54) is 12.0 Å². The number of hydrogen-bond donors (Lipinski definition) is 3. The first-order chi connectivity index (χ1) is 30.7. The molecule has 1 saturated carbocycles. The van der Waals surface area contributed by atoms with Gasteiger partial charge >= 0.3 is 5.97 Å². The van der Waals surface area contributed by atoms with Crippen molar-refractivity contribution in [1.29, 1.82) is 0 Å². The van der Waals surface area contributed by atoms with Gasteiger partial charge in [-0.3, -0.25) is 19.2 Å². The van der Waals surface area contributed by atoms with Crippen LogP contribution in [-0.2, 0) is 47.7 Å². The summed E-state index contributed by atoms with van der Waals surface area (Å²) in [6.07, 6.45) is 11.2. The van der Waals surface area contributed by atoms with Gasteiger partial charge in [-0.1, -0.05) is 71.1 Å². The molecule has 3 heterocycles. The topological polar surface area (TPSA) is 195 Å². The Labute approximate surface area is 387 Å². The number of aliphatic hydroxyl groups excluding tert-OH is 2. The first-order valence-corrected chi connectivity index (χ1v) is 23.9. The SMILES string of the molecule is COC1C[C@H](C[C@@H](C)[C@@H]2CC(=O)[C@H](C)/C=C(\C)[C@@H](O)[C@@H](OC)C(=O)[C@H](C)C[C@H](C)/C=C/C=C/C=C(\C)[C@@H](OC)C[C@@H]3CC[C@@H](C)[C@@](O)(O3)C(=O)C(=O)N3CCCC[C@H]3C(=O)O2)CC[C@@H]1O. The van der Waals surface area contributed by atoms with Gasteiger partial charge in [0.25, 0.3) is 11.7 Å². The Hall–Kier alpha value is -3.37. The quantitative estimate of drug-likeness (QED) is 0.156. The smallest absolute Gasteiger partial charge is 0.329 e. The summed E-state index contributed by atoms with van der Waals surface area (Å²) in [6, 6.07) is -1.14. The van der Waals surface area contributed by atoms with Crippen LogP contribution in [-0.4, -0.2) is 132 Å². The molecule has 1 amide bonds. The van der Waals surface area contributed by atoms with Crippen LogP contribution in [0.2, 0.25) is 0 Å². The number of aliphatic hydroxyl groups is 3. The summed E-state index contributed by atoms with van der Waals surface area (Å²) in [5.74, 6) is -7.96. The van der Waals surface area contributed by atoms with E-state index in [0.29, 0.717) is 63.4 Å². The molecular weight excluding hydrogens is 835 g/mol. The van der Waals surface area contributed by atoms with Crippen molar-refractivity contribution in [3.8, 4) is 0 Å². The standard InChI is InChI=1S/C51H79NO13/c1-30-16-12-11-13-17-31(2)42(61-8)28-38-21-19-36(7)51(60,65-38)48(57)49(58)52-23-15-14-18-39(52)50(59)64-43(33(4)26-37-20-22-40(53)44(27-37)62-9)29-41(54)32(3)25-35(6)46(56)47(63-10)45(55)34(5)24-30/h11-13,16-17,25,30,32-34,36-40,42-44,46-47,53,56,60H,14-15,18-24,26-29H2,1-10H3/b13-11+,16-12+,31-17+,35-25+/t30-,32-,33-,34-,36-,37+,38+,39+,40+,42+,43+,44?,46-,47+,51-/m1/s1. The molecule has 1 aliphatic carbocycles. The molecule has 3 fully saturated rings. The van der Waals surface area contributed by atoms with Crippen LogP contribution in [0.3, 0.4) is 0 Å². The fourth-order valence-electron chi connectivity index (χ4n) is 10.1. The minimum Gasteiger partial charge on any atom is -0.460 e. The molecule has 3 N–H and O–H groups in total. The van der Waals surface area contributed by atoms with Gasteiger partial charge in [0.05, 0.1) is 24.4 Å². The van der Waals surface area contributed by atoms with E-state index >= 15 is 0 Å². The summed E-state index contributed by atoms with van der Waals surface area (Å²) in [6.45, 7) is 12.7. The number of cyclic esters (lactones) is 1. The molecule has 4 aliphatic rings. The minimum absolute atomic E-state index is 0.0193. The van der Waals surface area contributed by atoms with E-state index in [4.69, 9.17) is 23.7 Å². The number of fused-ring (bicyclic) bond motifs is 3. The predicted molar refractivity (Wildman–Crippen MR) is 245 cm³/mol. The second-order valence-corrected chi connectivity index (χ2v) is 19.6. The number of nitrogens with zero attached hydrogens (tertiary/aromatic N) is 1. The number of allylic oxidation sites excluding steroid dienone is 6. The number of esters is 1. The highest BCUT2D eigenvalue weighted by Gasteiger charge is 2.53. The Kier molecular flexibility index (Phi) is 21.0. The molecule has 2 bridgehead atoms. The molecule has 65 heavy (non-hydrogen) atoms. The third-order valence-electron chi connectivity index (χ3n) is 14.5. The van der Waals surface area contributed by atoms with Gasteiger partial charge in [0, 0.05) is 58.5 Å². The molecule has 1 unspecified atom stereocenters. The van der Waals surface area contributed by atoms with E-state index < -0.39 is 83.9 Å². The first kappa shape index (κ1) is 54.2. The Morgan fingerprint density at radius 2 is 1.57 bits per heavy atom. The molecule has 4 rings (SSSR count). The molecule has 0 radical (unpaired) electrons. The normalized spacial score (nSPS) is 40.4. The van der Waals surface area contributed by atoms with Crippen LogP contribution < -0.4 is 0 Å². The summed E-state index contributed by atoms with van der Waals surface area (Å²) in [5, 5.41) is 33.8. The van der Waals surface area contributed by atoms with Crippen molar-refractivity contribution in [2.75, 3.05) is 27.9 Å². The van der Waals surface area contributed by atoms with Crippen molar-refractivity contribution in [2.24, 2.45) is 35.5 Å². The zero-order valence-corrected chi connectivity index (χ0v) is 40.6. The maximum atomic E-state index is 14.4. The lowest BCUT2D eigenvalue weighted by Gasteiger charge is -2.42. The van der Waals surface area contributed by atoms with Crippen molar-refractivity contribution in [3.05, 3.63) is 47.6 Å². The highest BCUT2D eigenvalue weighted by molar-refractivity contribution is 6.39. The third kappa shape index (κ3) is 14.3. The van der Waals surface area contributed by atoms with Crippen LogP contribution in [0.5, 0.6) is 0 Å². The average Bonchev–Trinajstić information content (AvgIpc) is 3.28. The second kappa shape index (κ2) is 25.1. The highest BCUT2D eigenvalue weighted by atomic mass is 16.6. The minimum atomic E-state index is -2.43. The van der Waals surface area contributed by atoms with E-state index in [0.717, 1.165) is 12.0 Å². The first-order valence-electron chi connectivity index (χ1n) is 23.9. The van der Waals surface area contributed by atoms with Crippen molar-refractivity contribution in [3.63, 3.8) is 0 Å². The van der Waals surface area contributed by atoms with E-state index in [2.05, 4.69) is 0 Å². The van der Waals surface area contributed by atoms with Gasteiger partial charge < -0.3 is 43.9 Å². The summed E-state index contributed by atoms with van der Waals surface area (Å²) < 4.78 is 29.4. The van der Waals surface area contributed by atoms with Gasteiger partial charge in [-0.05, 0) is 107 Å². The van der Waals surface area contributed by atoms with E-state index in [1.807, 2.05) is 58.1 Å². The van der Waals surface area contributed by atoms with Crippen molar-refractivity contribution in [2.45, 2.75) is 180 Å². The average molecular weight is 914 g/mol. The number of piperidine rings is 1. The number of carbonyl (C=O) groups is 5. The van der Waals surface area contributed by atoms with Gasteiger partial charge in [-0.2, -0.15) is 0 Å². The number of amides is 1. The number of hydrogen-bond acceptors (Lipinski definition) is 13. The molecular formula is C51H79NO13. The van der Waals surface area contributed by atoms with Crippen molar-refractivity contribution >= 4 is 29.2 Å². The molecule has 0 spiro atoms. The van der Waals surface area contributed by atoms with E-state index in [-0.39, 0.29) is 54.8 Å². The summed E-state index contributed by atoms with van der Waals surface area (Å²) in [7, 11) is 4.52. The van der Waals surface area contributed by atoms with Crippen LogP contribution >= 0.6 is 0 Å². The number of carbonyl (C=O) groups excluding carboxylic acids is 5. The zero-order chi connectivity index (χ0) is 48.2. The van der Waals surface area contributed by atoms with Crippen molar-refractivity contribution in [1.82, 2.24) is 4.90 Å². The van der Waals surface area contributed by atoms with Gasteiger partial charge in [-0.25, -0.2) is 4.79 Å². The largest absolute Gasteiger partial charge is 0.460 e. The van der Waals surface area contributed by atoms with Gasteiger partial charge in [-0.15, -0.1) is 0 Å². The monoisotopic (exact) mass is 914 g/mol. The lowest BCUT2D eigenvalue weighted by molar-refractivity contribution is -0.265. The predicted octanol–water partition coefficient (Wildman–Crippen LogP) is 6.18. The van der Waals surface area contributed by atoms with E-state index in [1.54, 1.807) is 41.1 Å². The number of ketones is 3. The molecule has 366 valence electrons. The zero-order valence-electron chi connectivity index (χ0n) is 40.6. The lowest BCUT2D eigenvalue weighted by Crippen LogP contribution is -2.61. The van der Waals surface area contributed by atoms with Crippen LogP contribution in [0.1, 0.15) is 126 Å². The number of rotatable bonds is 6. The Morgan fingerprint density at radius 1 is 0.846 bits per heavy atom. The lowest BCUT2D eigenvalue weighted by atomic mass is 9.78. The molecule has 2 saturated heterocycles. The van der Waals surface area contributed by atoms with Crippen LogP contribution in [0, 0.1) is 35.5 Å². The van der Waals surface area contributed by atoms with Crippen molar-refractivity contribution < 1.29 is 63.0 Å². The molecule has 15 atom stereocenters. The highest BCUT2D eigenvalue weighted by Crippen LogP contribution is 2.38. The maximum absolute atomic E-state index is 14.4. The number of methoxy groups -OCH3 is 3. The maximum Gasteiger partial charge on any atom is 0.329 e. The third-order valence-corrected chi connectivity index (χ3v) is 14.5. The van der Waals surface area contributed by atoms with Crippen LogP contribution in [0.15, 0.2) is 47.6 Å². The molecule has 0 aromatic heterocycles. The molecule has 0 aromatic rings. The fourth-order valence-corrected chi connectivity index (χ4v) is 10.1. The van der Waals surface area contributed by atoms with E-state index in [9.17, 15) is 39.3 Å². The second-order valence-electron chi connectivity index (χ2n) is 19.6. The molecule has 0 aromatic carbocycles. The summed E-state index contributed by atoms with van der Waals surface area (Å²) in [4.78, 5) is 71.8. The Balaban J connectivity index is 1.70. The van der Waals surface area contributed by atoms with Crippen LogP contribution in [0.25, 0.3) is 0 Å².